The number of hydrogen-bond donors (Lipinski definition) is 1. The van der Waals surface area contributed by atoms with E-state index in [1.807, 2.05) is 37.0 Å². The van der Waals surface area contributed by atoms with Gasteiger partial charge in [0.15, 0.2) is 11.5 Å². The summed E-state index contributed by atoms with van der Waals surface area (Å²) in [7, 11) is 8.63. The van der Waals surface area contributed by atoms with E-state index < -0.39 is 0 Å². The Hall–Kier alpha value is -2.21. The number of aryl methyl sites for hydroxylation is 1. The van der Waals surface area contributed by atoms with Crippen LogP contribution in [0.3, 0.4) is 0 Å². The van der Waals surface area contributed by atoms with Crippen LogP contribution in [0, 0.1) is 0 Å². The van der Waals surface area contributed by atoms with Gasteiger partial charge in [0.2, 0.25) is 5.75 Å². The quantitative estimate of drug-likeness (QED) is 0.879. The molecule has 0 fully saturated rings. The number of rotatable bonds is 6. The van der Waals surface area contributed by atoms with Crippen molar-refractivity contribution < 1.29 is 14.2 Å². The SMILES string of the molecule is CNC(c1ccc(OC)c(OC)c1OC)c1ccnn1C. The molecule has 1 heterocycles. The van der Waals surface area contributed by atoms with Gasteiger partial charge in [0.05, 0.1) is 33.1 Å². The summed E-state index contributed by atoms with van der Waals surface area (Å²) >= 11 is 0. The fourth-order valence-electron chi connectivity index (χ4n) is 2.48. The molecular weight excluding hydrogens is 270 g/mol. The summed E-state index contributed by atoms with van der Waals surface area (Å²) in [6.07, 6.45) is 1.77. The third kappa shape index (κ3) is 2.67. The van der Waals surface area contributed by atoms with Gasteiger partial charge in [-0.05, 0) is 25.2 Å². The van der Waals surface area contributed by atoms with Crippen LogP contribution in [-0.2, 0) is 7.05 Å². The molecule has 2 aromatic rings. The van der Waals surface area contributed by atoms with Crippen LogP contribution < -0.4 is 19.5 Å². The lowest BCUT2D eigenvalue weighted by Gasteiger charge is -2.22. The Morgan fingerprint density at radius 2 is 1.76 bits per heavy atom. The molecule has 6 heteroatoms. The van der Waals surface area contributed by atoms with E-state index in [0.29, 0.717) is 17.2 Å². The molecule has 6 nitrogen and oxygen atoms in total. The largest absolute Gasteiger partial charge is 0.493 e. The smallest absolute Gasteiger partial charge is 0.203 e. The highest BCUT2D eigenvalue weighted by molar-refractivity contribution is 5.57. The minimum Gasteiger partial charge on any atom is -0.493 e. The average molecular weight is 291 g/mol. The first kappa shape index (κ1) is 15.2. The molecule has 0 saturated carbocycles. The second-order valence-corrected chi connectivity index (χ2v) is 4.52. The number of aromatic nitrogens is 2. The lowest BCUT2D eigenvalue weighted by molar-refractivity contribution is 0.320. The van der Waals surface area contributed by atoms with E-state index >= 15 is 0 Å². The van der Waals surface area contributed by atoms with Crippen LogP contribution in [0.1, 0.15) is 17.3 Å². The number of ether oxygens (including phenoxy) is 3. The maximum Gasteiger partial charge on any atom is 0.203 e. The lowest BCUT2D eigenvalue weighted by Crippen LogP contribution is -2.21. The number of nitrogens with zero attached hydrogens (tertiary/aromatic N) is 2. The van der Waals surface area contributed by atoms with E-state index in [1.54, 1.807) is 27.5 Å². The third-order valence-electron chi connectivity index (χ3n) is 3.49. The van der Waals surface area contributed by atoms with Gasteiger partial charge in [0, 0.05) is 18.8 Å². The van der Waals surface area contributed by atoms with Gasteiger partial charge in [-0.25, -0.2) is 0 Å². The highest BCUT2D eigenvalue weighted by Gasteiger charge is 2.24. The normalized spacial score (nSPS) is 12.0. The minimum atomic E-state index is -0.0627. The number of benzene rings is 1. The molecule has 1 unspecified atom stereocenters. The molecular formula is C15H21N3O3. The molecule has 2 rings (SSSR count). The fraction of sp³-hybridized carbons (Fsp3) is 0.400. The van der Waals surface area contributed by atoms with Crippen LogP contribution >= 0.6 is 0 Å². The van der Waals surface area contributed by atoms with E-state index in [2.05, 4.69) is 10.4 Å². The molecule has 1 aromatic heterocycles. The molecule has 0 amide bonds. The zero-order valence-corrected chi connectivity index (χ0v) is 13.0. The van der Waals surface area contributed by atoms with Crippen LogP contribution in [0.15, 0.2) is 24.4 Å². The average Bonchev–Trinajstić information content (AvgIpc) is 2.93. The van der Waals surface area contributed by atoms with Crippen molar-refractivity contribution in [3.63, 3.8) is 0 Å². The van der Waals surface area contributed by atoms with E-state index in [1.165, 1.54) is 0 Å². The number of methoxy groups -OCH3 is 3. The summed E-state index contributed by atoms with van der Waals surface area (Å²) in [5.74, 6) is 1.87. The predicted molar refractivity (Wildman–Crippen MR) is 80.2 cm³/mol. The zero-order valence-electron chi connectivity index (χ0n) is 13.0. The molecule has 1 atom stereocenters. The van der Waals surface area contributed by atoms with Gasteiger partial charge < -0.3 is 19.5 Å². The first-order valence-corrected chi connectivity index (χ1v) is 6.61. The van der Waals surface area contributed by atoms with Crippen LogP contribution in [0.5, 0.6) is 17.2 Å². The Bertz CT molecular complexity index is 610. The van der Waals surface area contributed by atoms with Gasteiger partial charge in [0.25, 0.3) is 0 Å². The van der Waals surface area contributed by atoms with Crippen molar-refractivity contribution in [3.8, 4) is 17.2 Å². The standard InChI is InChI=1S/C15H21N3O3/c1-16-13(11-8-9-17-18(11)2)10-6-7-12(19-3)15(21-5)14(10)20-4/h6-9,13,16H,1-5H3. The zero-order chi connectivity index (χ0) is 15.4. The van der Waals surface area contributed by atoms with Crippen molar-refractivity contribution in [2.24, 2.45) is 7.05 Å². The summed E-state index contributed by atoms with van der Waals surface area (Å²) in [6.45, 7) is 0. The topological polar surface area (TPSA) is 57.5 Å². The highest BCUT2D eigenvalue weighted by Crippen LogP contribution is 2.43. The molecule has 0 radical (unpaired) electrons. The Labute approximate surface area is 124 Å². The van der Waals surface area contributed by atoms with E-state index in [-0.39, 0.29) is 6.04 Å². The van der Waals surface area contributed by atoms with Gasteiger partial charge in [-0.1, -0.05) is 0 Å². The van der Waals surface area contributed by atoms with Crippen molar-refractivity contribution in [1.82, 2.24) is 15.1 Å². The first-order chi connectivity index (χ1) is 10.2. The second kappa shape index (κ2) is 6.49. The molecule has 0 aliphatic carbocycles. The first-order valence-electron chi connectivity index (χ1n) is 6.61. The summed E-state index contributed by atoms with van der Waals surface area (Å²) in [6, 6.07) is 5.75. The van der Waals surface area contributed by atoms with Crippen molar-refractivity contribution in [2.75, 3.05) is 28.4 Å². The Balaban J connectivity index is 2.59. The molecule has 0 bridgehead atoms. The predicted octanol–water partition coefficient (Wildman–Crippen LogP) is 1.75. The lowest BCUT2D eigenvalue weighted by atomic mass is 10.0. The molecule has 0 aliphatic rings. The van der Waals surface area contributed by atoms with Crippen molar-refractivity contribution >= 4 is 0 Å². The molecule has 0 aliphatic heterocycles. The Kier molecular flexibility index (Phi) is 4.70. The van der Waals surface area contributed by atoms with Crippen LogP contribution in [0.4, 0.5) is 0 Å². The monoisotopic (exact) mass is 291 g/mol. The van der Waals surface area contributed by atoms with Crippen molar-refractivity contribution in [3.05, 3.63) is 35.7 Å². The van der Waals surface area contributed by atoms with E-state index in [0.717, 1.165) is 11.3 Å². The molecule has 1 aromatic carbocycles. The van der Waals surface area contributed by atoms with Gasteiger partial charge in [0.1, 0.15) is 0 Å². The Morgan fingerprint density at radius 1 is 1.05 bits per heavy atom. The number of hydrogen-bond acceptors (Lipinski definition) is 5. The van der Waals surface area contributed by atoms with Crippen LogP contribution in [-0.4, -0.2) is 38.2 Å². The van der Waals surface area contributed by atoms with Gasteiger partial charge in [-0.15, -0.1) is 0 Å². The van der Waals surface area contributed by atoms with Crippen molar-refractivity contribution in [1.29, 1.82) is 0 Å². The molecule has 114 valence electrons. The van der Waals surface area contributed by atoms with E-state index in [9.17, 15) is 0 Å². The van der Waals surface area contributed by atoms with Crippen LogP contribution in [0.2, 0.25) is 0 Å². The van der Waals surface area contributed by atoms with Gasteiger partial charge >= 0.3 is 0 Å². The van der Waals surface area contributed by atoms with Crippen molar-refractivity contribution in [2.45, 2.75) is 6.04 Å². The maximum atomic E-state index is 5.56. The Morgan fingerprint density at radius 3 is 2.24 bits per heavy atom. The molecule has 21 heavy (non-hydrogen) atoms. The third-order valence-corrected chi connectivity index (χ3v) is 3.49. The fourth-order valence-corrected chi connectivity index (χ4v) is 2.48. The van der Waals surface area contributed by atoms with E-state index in [4.69, 9.17) is 14.2 Å². The molecule has 0 saturated heterocycles. The summed E-state index contributed by atoms with van der Waals surface area (Å²) < 4.78 is 18.1. The number of nitrogens with one attached hydrogen (secondary N) is 1. The molecule has 1 N–H and O–H groups in total. The van der Waals surface area contributed by atoms with Gasteiger partial charge in [-0.3, -0.25) is 4.68 Å². The second-order valence-electron chi connectivity index (χ2n) is 4.52. The van der Waals surface area contributed by atoms with Crippen LogP contribution in [0.25, 0.3) is 0 Å². The van der Waals surface area contributed by atoms with Gasteiger partial charge in [-0.2, -0.15) is 5.10 Å². The molecule has 0 spiro atoms. The minimum absolute atomic E-state index is 0.0627. The summed E-state index contributed by atoms with van der Waals surface area (Å²) in [5.41, 5.74) is 1.99. The maximum absolute atomic E-state index is 5.56. The summed E-state index contributed by atoms with van der Waals surface area (Å²) in [4.78, 5) is 0. The summed E-state index contributed by atoms with van der Waals surface area (Å²) in [5, 5.41) is 7.51. The highest BCUT2D eigenvalue weighted by atomic mass is 16.5.